The van der Waals surface area contributed by atoms with Crippen LogP contribution in [-0.2, 0) is 19.5 Å². The summed E-state index contributed by atoms with van der Waals surface area (Å²) in [5.74, 6) is 0.0580. The van der Waals surface area contributed by atoms with Crippen molar-refractivity contribution in [1.29, 1.82) is 0 Å². The summed E-state index contributed by atoms with van der Waals surface area (Å²) in [5, 5.41) is 6.46. The van der Waals surface area contributed by atoms with Gasteiger partial charge in [-0.2, -0.15) is 0 Å². The van der Waals surface area contributed by atoms with Crippen LogP contribution in [0.15, 0.2) is 29.6 Å². The Balaban J connectivity index is 1.38. The summed E-state index contributed by atoms with van der Waals surface area (Å²) < 4.78 is 0. The highest BCUT2D eigenvalue weighted by Gasteiger charge is 2.29. The zero-order valence-corrected chi connectivity index (χ0v) is 15.5. The second kappa shape index (κ2) is 7.26. The van der Waals surface area contributed by atoms with E-state index < -0.39 is 0 Å². The van der Waals surface area contributed by atoms with E-state index in [0.29, 0.717) is 12.1 Å². The fourth-order valence-corrected chi connectivity index (χ4v) is 3.77. The number of hydrogen-bond donors (Lipinski definition) is 1. The Morgan fingerprint density at radius 1 is 1.20 bits per heavy atom. The van der Waals surface area contributed by atoms with Crippen molar-refractivity contribution in [2.24, 2.45) is 0 Å². The number of carbonyl (C=O) groups excluding carboxylic acids is 1. The monoisotopic (exact) mass is 355 g/mol. The average Bonchev–Trinajstić information content (AvgIpc) is 3.55. The minimum absolute atomic E-state index is 0.0580. The van der Waals surface area contributed by atoms with Crippen LogP contribution in [0.1, 0.15) is 59.2 Å². The van der Waals surface area contributed by atoms with Crippen LogP contribution in [0, 0.1) is 0 Å². The summed E-state index contributed by atoms with van der Waals surface area (Å²) in [7, 11) is 0. The summed E-state index contributed by atoms with van der Waals surface area (Å²) in [4.78, 5) is 19.3. The van der Waals surface area contributed by atoms with Crippen molar-refractivity contribution in [3.8, 4) is 0 Å². The van der Waals surface area contributed by atoms with Gasteiger partial charge in [-0.05, 0) is 49.8 Å². The van der Waals surface area contributed by atoms with Crippen molar-refractivity contribution in [2.75, 3.05) is 0 Å². The van der Waals surface area contributed by atoms with Gasteiger partial charge in [-0.1, -0.05) is 19.1 Å². The van der Waals surface area contributed by atoms with E-state index in [9.17, 15) is 4.79 Å². The molecule has 2 aliphatic carbocycles. The van der Waals surface area contributed by atoms with Gasteiger partial charge >= 0.3 is 0 Å². The third-order valence-electron chi connectivity index (χ3n) is 4.84. The number of benzene rings is 1. The van der Waals surface area contributed by atoms with Crippen molar-refractivity contribution in [2.45, 2.75) is 64.2 Å². The zero-order chi connectivity index (χ0) is 17.2. The maximum Gasteiger partial charge on any atom is 0.251 e. The number of nitrogens with zero attached hydrogens (tertiary/aromatic N) is 2. The molecule has 0 atom stereocenters. The molecule has 0 bridgehead atoms. The predicted octanol–water partition coefficient (Wildman–Crippen LogP) is 3.76. The fourth-order valence-electron chi connectivity index (χ4n) is 3.04. The molecule has 0 saturated heterocycles. The maximum atomic E-state index is 12.1. The average molecular weight is 356 g/mol. The number of aromatic nitrogens is 1. The van der Waals surface area contributed by atoms with Crippen molar-refractivity contribution in [3.63, 3.8) is 0 Å². The van der Waals surface area contributed by atoms with Crippen LogP contribution in [-0.4, -0.2) is 27.9 Å². The van der Waals surface area contributed by atoms with Crippen LogP contribution in [0.5, 0.6) is 0 Å². The summed E-state index contributed by atoms with van der Waals surface area (Å²) >= 11 is 1.76. The predicted molar refractivity (Wildman–Crippen MR) is 101 cm³/mol. The summed E-state index contributed by atoms with van der Waals surface area (Å²) in [5.41, 5.74) is 3.22. The lowest BCUT2D eigenvalue weighted by Crippen LogP contribution is -2.26. The van der Waals surface area contributed by atoms with E-state index >= 15 is 0 Å². The van der Waals surface area contributed by atoms with Crippen LogP contribution in [0.3, 0.4) is 0 Å². The normalized spacial score (nSPS) is 17.0. The SMILES string of the molecule is CCc1nc(CN(Cc2ccc(C(=O)NC3CC3)cc2)C2CC2)cs1. The van der Waals surface area contributed by atoms with Gasteiger partial charge in [-0.3, -0.25) is 9.69 Å². The first-order valence-electron chi connectivity index (χ1n) is 9.28. The largest absolute Gasteiger partial charge is 0.349 e. The number of rotatable bonds is 8. The third kappa shape index (κ3) is 4.47. The van der Waals surface area contributed by atoms with Crippen LogP contribution in [0.25, 0.3) is 0 Å². The van der Waals surface area contributed by atoms with E-state index in [0.717, 1.165) is 37.9 Å². The fraction of sp³-hybridized carbons (Fsp3) is 0.500. The van der Waals surface area contributed by atoms with Crippen LogP contribution in [0.4, 0.5) is 0 Å². The van der Waals surface area contributed by atoms with Gasteiger partial charge in [0.05, 0.1) is 10.7 Å². The molecule has 4 nitrogen and oxygen atoms in total. The Morgan fingerprint density at radius 3 is 2.56 bits per heavy atom. The molecular weight excluding hydrogens is 330 g/mol. The Hall–Kier alpha value is -1.72. The van der Waals surface area contributed by atoms with Crippen molar-refractivity contribution in [3.05, 3.63) is 51.5 Å². The zero-order valence-electron chi connectivity index (χ0n) is 14.7. The Bertz CT molecular complexity index is 732. The molecule has 2 aliphatic rings. The lowest BCUT2D eigenvalue weighted by atomic mass is 10.1. The molecular formula is C20H25N3OS. The number of aryl methyl sites for hydroxylation is 1. The van der Waals surface area contributed by atoms with Crippen LogP contribution in [0.2, 0.25) is 0 Å². The van der Waals surface area contributed by atoms with E-state index in [1.54, 1.807) is 11.3 Å². The standard InChI is InChI=1S/C20H25N3OS/c1-2-19-21-17(13-25-19)12-23(18-9-10-18)11-14-3-5-15(6-4-14)20(24)22-16-7-8-16/h3-6,13,16,18H,2,7-12H2,1H3,(H,22,24). The second-order valence-electron chi connectivity index (χ2n) is 7.17. The molecule has 0 unspecified atom stereocenters. The molecule has 1 N–H and O–H groups in total. The lowest BCUT2D eigenvalue weighted by Gasteiger charge is -2.21. The number of carbonyl (C=O) groups is 1. The molecule has 25 heavy (non-hydrogen) atoms. The maximum absolute atomic E-state index is 12.1. The molecule has 2 aromatic rings. The van der Waals surface area contributed by atoms with Crippen LogP contribution >= 0.6 is 11.3 Å². The van der Waals surface area contributed by atoms with E-state index in [2.05, 4.69) is 34.7 Å². The van der Waals surface area contributed by atoms with Gasteiger partial charge in [0.1, 0.15) is 0 Å². The Kier molecular flexibility index (Phi) is 4.86. The van der Waals surface area contributed by atoms with Gasteiger partial charge in [0, 0.05) is 36.1 Å². The van der Waals surface area contributed by atoms with Gasteiger partial charge in [-0.25, -0.2) is 4.98 Å². The first-order valence-corrected chi connectivity index (χ1v) is 10.2. The molecule has 0 aliphatic heterocycles. The molecule has 0 radical (unpaired) electrons. The molecule has 1 amide bonds. The smallest absolute Gasteiger partial charge is 0.251 e. The molecule has 2 saturated carbocycles. The molecule has 0 spiro atoms. The third-order valence-corrected chi connectivity index (χ3v) is 5.89. The number of amides is 1. The van der Waals surface area contributed by atoms with E-state index in [4.69, 9.17) is 4.98 Å². The van der Waals surface area contributed by atoms with Crippen molar-refractivity contribution < 1.29 is 4.79 Å². The molecule has 132 valence electrons. The quantitative estimate of drug-likeness (QED) is 0.784. The molecule has 5 heteroatoms. The van der Waals surface area contributed by atoms with Gasteiger partial charge in [0.2, 0.25) is 0 Å². The van der Waals surface area contributed by atoms with Gasteiger partial charge in [0.15, 0.2) is 0 Å². The highest BCUT2D eigenvalue weighted by atomic mass is 32.1. The molecule has 1 aromatic heterocycles. The summed E-state index contributed by atoms with van der Waals surface area (Å²) in [6, 6.07) is 9.19. The molecule has 4 rings (SSSR count). The van der Waals surface area contributed by atoms with Crippen molar-refractivity contribution in [1.82, 2.24) is 15.2 Å². The number of hydrogen-bond acceptors (Lipinski definition) is 4. The topological polar surface area (TPSA) is 45.2 Å². The van der Waals surface area contributed by atoms with Crippen LogP contribution < -0.4 is 5.32 Å². The van der Waals surface area contributed by atoms with Gasteiger partial charge in [-0.15, -0.1) is 11.3 Å². The Morgan fingerprint density at radius 2 is 1.96 bits per heavy atom. The highest BCUT2D eigenvalue weighted by molar-refractivity contribution is 7.09. The second-order valence-corrected chi connectivity index (χ2v) is 8.11. The number of nitrogens with one attached hydrogen (secondary N) is 1. The molecule has 1 heterocycles. The van der Waals surface area contributed by atoms with Crippen molar-refractivity contribution >= 4 is 17.2 Å². The summed E-state index contributed by atoms with van der Waals surface area (Å²) in [6.07, 6.45) is 5.82. The molecule has 1 aromatic carbocycles. The highest BCUT2D eigenvalue weighted by Crippen LogP contribution is 2.30. The minimum atomic E-state index is 0.0580. The summed E-state index contributed by atoms with van der Waals surface area (Å²) in [6.45, 7) is 4.00. The van der Waals surface area contributed by atoms with E-state index in [1.165, 1.54) is 29.1 Å². The van der Waals surface area contributed by atoms with Gasteiger partial charge < -0.3 is 5.32 Å². The minimum Gasteiger partial charge on any atom is -0.349 e. The molecule has 2 fully saturated rings. The first kappa shape index (κ1) is 16.7. The lowest BCUT2D eigenvalue weighted by molar-refractivity contribution is 0.0951. The Labute approximate surface area is 153 Å². The number of thiazole rings is 1. The van der Waals surface area contributed by atoms with E-state index in [1.807, 2.05) is 12.1 Å². The van der Waals surface area contributed by atoms with Gasteiger partial charge in [0.25, 0.3) is 5.91 Å². The van der Waals surface area contributed by atoms with E-state index in [-0.39, 0.29) is 5.91 Å². The first-order chi connectivity index (χ1) is 12.2.